The molecule has 1 N–H and O–H groups in total. The second-order valence-electron chi connectivity index (χ2n) is 4.82. The first-order chi connectivity index (χ1) is 8.31. The van der Waals surface area contributed by atoms with Crippen LogP contribution in [0, 0.1) is 0 Å². The highest BCUT2D eigenvalue weighted by Gasteiger charge is 2.18. The smallest absolute Gasteiger partial charge is 0.119 e. The van der Waals surface area contributed by atoms with Crippen molar-refractivity contribution in [1.82, 2.24) is 0 Å². The minimum absolute atomic E-state index is 0.294. The standard InChI is InChI=1S/C15H22O2/c1-2-3-4-10-17-13-9-8-12-6-5-7-15(16)14(12)11-13/h8-9,11,15-16H,2-7,10H2,1H3/t15-/m0/s1. The van der Waals surface area contributed by atoms with E-state index in [1.807, 2.05) is 12.1 Å². The van der Waals surface area contributed by atoms with Gasteiger partial charge in [-0.3, -0.25) is 0 Å². The van der Waals surface area contributed by atoms with Gasteiger partial charge in [0.25, 0.3) is 0 Å². The average Bonchev–Trinajstić information content (AvgIpc) is 2.36. The molecule has 0 spiro atoms. The number of benzene rings is 1. The summed E-state index contributed by atoms with van der Waals surface area (Å²) in [6.45, 7) is 2.97. The minimum atomic E-state index is -0.294. The molecule has 0 heterocycles. The van der Waals surface area contributed by atoms with E-state index in [0.717, 1.165) is 43.6 Å². The van der Waals surface area contributed by atoms with Gasteiger partial charge in [0, 0.05) is 0 Å². The molecule has 0 saturated carbocycles. The number of aliphatic hydroxyl groups excluding tert-OH is 1. The van der Waals surface area contributed by atoms with Gasteiger partial charge in [-0.25, -0.2) is 0 Å². The van der Waals surface area contributed by atoms with Gasteiger partial charge in [0.1, 0.15) is 5.75 Å². The number of rotatable bonds is 5. The summed E-state index contributed by atoms with van der Waals surface area (Å²) in [5, 5.41) is 9.94. The Hall–Kier alpha value is -1.02. The number of aliphatic hydroxyl groups is 1. The second kappa shape index (κ2) is 6.06. The van der Waals surface area contributed by atoms with Gasteiger partial charge in [-0.05, 0) is 48.9 Å². The average molecular weight is 234 g/mol. The topological polar surface area (TPSA) is 29.5 Å². The summed E-state index contributed by atoms with van der Waals surface area (Å²) in [5.41, 5.74) is 2.36. The number of ether oxygens (including phenoxy) is 1. The van der Waals surface area contributed by atoms with Gasteiger partial charge in [0.05, 0.1) is 12.7 Å². The van der Waals surface area contributed by atoms with Crippen LogP contribution in [-0.4, -0.2) is 11.7 Å². The molecular formula is C15H22O2. The maximum atomic E-state index is 9.94. The van der Waals surface area contributed by atoms with Gasteiger partial charge in [0.2, 0.25) is 0 Å². The fourth-order valence-corrected chi connectivity index (χ4v) is 2.38. The summed E-state index contributed by atoms with van der Waals surface area (Å²) in [7, 11) is 0. The second-order valence-corrected chi connectivity index (χ2v) is 4.82. The van der Waals surface area contributed by atoms with Gasteiger partial charge in [-0.2, -0.15) is 0 Å². The highest BCUT2D eigenvalue weighted by molar-refractivity contribution is 5.38. The molecule has 1 aliphatic rings. The first kappa shape index (κ1) is 12.4. The van der Waals surface area contributed by atoms with E-state index in [2.05, 4.69) is 13.0 Å². The molecule has 0 unspecified atom stereocenters. The van der Waals surface area contributed by atoms with Crippen LogP contribution in [0.4, 0.5) is 0 Å². The quantitative estimate of drug-likeness (QED) is 0.788. The Morgan fingerprint density at radius 3 is 3.06 bits per heavy atom. The lowest BCUT2D eigenvalue weighted by atomic mass is 9.89. The fraction of sp³-hybridized carbons (Fsp3) is 0.600. The Labute approximate surface area is 104 Å². The van der Waals surface area contributed by atoms with Gasteiger partial charge < -0.3 is 9.84 Å². The zero-order chi connectivity index (χ0) is 12.1. The van der Waals surface area contributed by atoms with E-state index < -0.39 is 0 Å². The molecule has 0 amide bonds. The SMILES string of the molecule is CCCCCOc1ccc2c(c1)[C@@H](O)CCC2. The lowest BCUT2D eigenvalue weighted by Crippen LogP contribution is -2.09. The Morgan fingerprint density at radius 2 is 2.24 bits per heavy atom. The highest BCUT2D eigenvalue weighted by Crippen LogP contribution is 2.32. The van der Waals surface area contributed by atoms with Crippen molar-refractivity contribution in [2.45, 2.75) is 51.6 Å². The van der Waals surface area contributed by atoms with Gasteiger partial charge in [0.15, 0.2) is 0 Å². The number of fused-ring (bicyclic) bond motifs is 1. The van der Waals surface area contributed by atoms with Crippen molar-refractivity contribution in [2.75, 3.05) is 6.61 Å². The third kappa shape index (κ3) is 3.22. The zero-order valence-corrected chi connectivity index (χ0v) is 10.6. The summed E-state index contributed by atoms with van der Waals surface area (Å²) in [6, 6.07) is 6.15. The van der Waals surface area contributed by atoms with Crippen LogP contribution in [0.2, 0.25) is 0 Å². The van der Waals surface area contributed by atoms with Gasteiger partial charge in [-0.1, -0.05) is 25.8 Å². The maximum Gasteiger partial charge on any atom is 0.119 e. The van der Waals surface area contributed by atoms with Crippen LogP contribution in [0.5, 0.6) is 5.75 Å². The number of hydrogen-bond donors (Lipinski definition) is 1. The monoisotopic (exact) mass is 234 g/mol. The highest BCUT2D eigenvalue weighted by atomic mass is 16.5. The van der Waals surface area contributed by atoms with E-state index in [1.54, 1.807) is 0 Å². The number of unbranched alkanes of at least 4 members (excludes halogenated alkanes) is 2. The third-order valence-corrected chi connectivity index (χ3v) is 3.42. The molecule has 94 valence electrons. The van der Waals surface area contributed by atoms with Crippen molar-refractivity contribution < 1.29 is 9.84 Å². The van der Waals surface area contributed by atoms with Crippen molar-refractivity contribution in [3.63, 3.8) is 0 Å². The Kier molecular flexibility index (Phi) is 4.43. The molecule has 0 bridgehead atoms. The molecular weight excluding hydrogens is 212 g/mol. The molecule has 1 atom stereocenters. The van der Waals surface area contributed by atoms with Crippen molar-refractivity contribution >= 4 is 0 Å². The molecule has 0 saturated heterocycles. The molecule has 1 aromatic rings. The Morgan fingerprint density at radius 1 is 1.35 bits per heavy atom. The molecule has 2 rings (SSSR count). The molecule has 0 aromatic heterocycles. The number of aryl methyl sites for hydroxylation is 1. The van der Waals surface area contributed by atoms with Crippen LogP contribution < -0.4 is 4.74 Å². The normalized spacial score (nSPS) is 18.8. The third-order valence-electron chi connectivity index (χ3n) is 3.42. The van der Waals surface area contributed by atoms with Crippen molar-refractivity contribution in [3.05, 3.63) is 29.3 Å². The number of hydrogen-bond acceptors (Lipinski definition) is 2. The molecule has 2 heteroatoms. The lowest BCUT2D eigenvalue weighted by Gasteiger charge is -2.22. The molecule has 0 radical (unpaired) electrons. The zero-order valence-electron chi connectivity index (χ0n) is 10.6. The van der Waals surface area contributed by atoms with Crippen LogP contribution in [0.25, 0.3) is 0 Å². The van der Waals surface area contributed by atoms with E-state index in [0.29, 0.717) is 0 Å². The van der Waals surface area contributed by atoms with E-state index in [9.17, 15) is 5.11 Å². The van der Waals surface area contributed by atoms with Crippen LogP contribution >= 0.6 is 0 Å². The van der Waals surface area contributed by atoms with E-state index >= 15 is 0 Å². The first-order valence-corrected chi connectivity index (χ1v) is 6.75. The molecule has 0 fully saturated rings. The van der Waals surface area contributed by atoms with Crippen LogP contribution in [0.3, 0.4) is 0 Å². The summed E-state index contributed by atoms with van der Waals surface area (Å²) in [6.07, 6.45) is 6.30. The van der Waals surface area contributed by atoms with E-state index in [1.165, 1.54) is 18.4 Å². The minimum Gasteiger partial charge on any atom is -0.494 e. The van der Waals surface area contributed by atoms with Gasteiger partial charge >= 0.3 is 0 Å². The molecule has 1 aromatic carbocycles. The van der Waals surface area contributed by atoms with Crippen molar-refractivity contribution in [3.8, 4) is 5.75 Å². The summed E-state index contributed by atoms with van der Waals surface area (Å²) in [5.74, 6) is 0.904. The Bertz CT molecular complexity index is 360. The van der Waals surface area contributed by atoms with Crippen LogP contribution in [-0.2, 0) is 6.42 Å². The molecule has 2 nitrogen and oxygen atoms in total. The van der Waals surface area contributed by atoms with Gasteiger partial charge in [-0.15, -0.1) is 0 Å². The summed E-state index contributed by atoms with van der Waals surface area (Å²) >= 11 is 0. The largest absolute Gasteiger partial charge is 0.494 e. The molecule has 0 aliphatic heterocycles. The van der Waals surface area contributed by atoms with Crippen molar-refractivity contribution in [2.24, 2.45) is 0 Å². The summed E-state index contributed by atoms with van der Waals surface area (Å²) in [4.78, 5) is 0. The first-order valence-electron chi connectivity index (χ1n) is 6.75. The summed E-state index contributed by atoms with van der Waals surface area (Å²) < 4.78 is 5.71. The van der Waals surface area contributed by atoms with E-state index in [4.69, 9.17) is 4.74 Å². The maximum absolute atomic E-state index is 9.94. The fourth-order valence-electron chi connectivity index (χ4n) is 2.38. The Balaban J connectivity index is 1.97. The van der Waals surface area contributed by atoms with Crippen LogP contribution in [0.15, 0.2) is 18.2 Å². The lowest BCUT2D eigenvalue weighted by molar-refractivity contribution is 0.156. The van der Waals surface area contributed by atoms with E-state index in [-0.39, 0.29) is 6.10 Å². The molecule has 17 heavy (non-hydrogen) atoms. The predicted molar refractivity (Wildman–Crippen MR) is 69.4 cm³/mol. The van der Waals surface area contributed by atoms with Crippen molar-refractivity contribution in [1.29, 1.82) is 0 Å². The van der Waals surface area contributed by atoms with Crippen LogP contribution in [0.1, 0.15) is 56.3 Å². The predicted octanol–water partition coefficient (Wildman–Crippen LogP) is 3.63. The molecule has 1 aliphatic carbocycles.